The Morgan fingerprint density at radius 3 is 2.71 bits per heavy atom. The molecule has 1 rings (SSSR count). The van der Waals surface area contributed by atoms with Crippen LogP contribution in [0.2, 0.25) is 0 Å². The lowest BCUT2D eigenvalue weighted by Gasteiger charge is -2.11. The molecule has 21 heavy (non-hydrogen) atoms. The number of hydrogen-bond donors (Lipinski definition) is 2. The number of nitrogens with one attached hydrogen (secondary N) is 1. The summed E-state index contributed by atoms with van der Waals surface area (Å²) in [7, 11) is 0. The van der Waals surface area contributed by atoms with Crippen LogP contribution in [0.5, 0.6) is 5.75 Å². The number of aliphatic imine (C=N–C) groups is 1. The Morgan fingerprint density at radius 1 is 1.33 bits per heavy atom. The largest absolute Gasteiger partial charge is 0.435 e. The monoisotopic (exact) mass is 299 g/mol. The van der Waals surface area contributed by atoms with Crippen molar-refractivity contribution in [1.82, 2.24) is 5.32 Å². The van der Waals surface area contributed by atoms with Gasteiger partial charge in [-0.1, -0.05) is 32.0 Å². The maximum absolute atomic E-state index is 12.3. The standard InChI is InChI=1S/C15H23F2N3O/c1-11(2)7-9-19-15(18)20-10-8-12-5-3-4-6-13(12)21-14(16)17/h3-6,11,14H,7-10H2,1-2H3,(H3,18,19,20). The van der Waals surface area contributed by atoms with Gasteiger partial charge in [0.05, 0.1) is 0 Å². The van der Waals surface area contributed by atoms with E-state index in [2.05, 4.69) is 28.9 Å². The highest BCUT2D eigenvalue weighted by atomic mass is 19.3. The van der Waals surface area contributed by atoms with Gasteiger partial charge in [0, 0.05) is 13.1 Å². The van der Waals surface area contributed by atoms with E-state index in [0.717, 1.165) is 6.42 Å². The molecule has 1 aromatic carbocycles. The van der Waals surface area contributed by atoms with Gasteiger partial charge < -0.3 is 15.8 Å². The van der Waals surface area contributed by atoms with Crippen molar-refractivity contribution in [3.63, 3.8) is 0 Å². The number of alkyl halides is 2. The van der Waals surface area contributed by atoms with E-state index < -0.39 is 6.61 Å². The number of ether oxygens (including phenoxy) is 1. The van der Waals surface area contributed by atoms with Crippen molar-refractivity contribution in [2.75, 3.05) is 13.1 Å². The van der Waals surface area contributed by atoms with E-state index in [9.17, 15) is 8.78 Å². The summed E-state index contributed by atoms with van der Waals surface area (Å²) >= 11 is 0. The number of nitrogens with zero attached hydrogens (tertiary/aromatic N) is 1. The van der Waals surface area contributed by atoms with Crippen molar-refractivity contribution in [2.24, 2.45) is 16.6 Å². The first-order chi connectivity index (χ1) is 9.99. The van der Waals surface area contributed by atoms with Gasteiger partial charge in [-0.05, 0) is 30.4 Å². The van der Waals surface area contributed by atoms with E-state index in [0.29, 0.717) is 37.0 Å². The minimum atomic E-state index is -2.82. The second-order valence-corrected chi connectivity index (χ2v) is 5.11. The number of halogens is 2. The number of guanidine groups is 1. The van der Waals surface area contributed by atoms with Gasteiger partial charge in [-0.15, -0.1) is 0 Å². The Morgan fingerprint density at radius 2 is 2.05 bits per heavy atom. The van der Waals surface area contributed by atoms with Gasteiger partial charge in [0.25, 0.3) is 0 Å². The minimum absolute atomic E-state index is 0.199. The lowest BCUT2D eigenvalue weighted by Crippen LogP contribution is -2.33. The van der Waals surface area contributed by atoms with Gasteiger partial charge in [-0.2, -0.15) is 8.78 Å². The molecule has 0 saturated heterocycles. The summed E-state index contributed by atoms with van der Waals surface area (Å²) in [6.07, 6.45) is 1.51. The molecule has 3 N–H and O–H groups in total. The summed E-state index contributed by atoms with van der Waals surface area (Å²) in [5.41, 5.74) is 6.44. The van der Waals surface area contributed by atoms with Crippen LogP contribution in [0.15, 0.2) is 29.3 Å². The third-order valence-corrected chi connectivity index (χ3v) is 2.88. The SMILES string of the molecule is CC(C)CCN=C(N)NCCc1ccccc1OC(F)F. The van der Waals surface area contributed by atoms with Gasteiger partial charge in [-0.3, -0.25) is 4.99 Å². The second kappa shape index (κ2) is 9.15. The molecule has 0 aromatic heterocycles. The van der Waals surface area contributed by atoms with E-state index in [1.165, 1.54) is 6.07 Å². The summed E-state index contributed by atoms with van der Waals surface area (Å²) in [5, 5.41) is 2.97. The summed E-state index contributed by atoms with van der Waals surface area (Å²) in [6.45, 7) is 2.63. The minimum Gasteiger partial charge on any atom is -0.435 e. The van der Waals surface area contributed by atoms with Crippen molar-refractivity contribution in [3.05, 3.63) is 29.8 Å². The molecule has 0 aliphatic carbocycles. The van der Waals surface area contributed by atoms with E-state index in [1.54, 1.807) is 18.2 Å². The lowest BCUT2D eigenvalue weighted by molar-refractivity contribution is -0.0504. The molecule has 118 valence electrons. The Labute approximate surface area is 124 Å². The predicted molar refractivity (Wildman–Crippen MR) is 80.7 cm³/mol. The topological polar surface area (TPSA) is 59.6 Å². The van der Waals surface area contributed by atoms with Crippen molar-refractivity contribution >= 4 is 5.96 Å². The third kappa shape index (κ3) is 7.48. The normalized spacial score (nSPS) is 12.0. The molecule has 6 heteroatoms. The molecule has 0 spiro atoms. The number of hydrogen-bond acceptors (Lipinski definition) is 2. The van der Waals surface area contributed by atoms with Crippen molar-refractivity contribution in [1.29, 1.82) is 0 Å². The smallest absolute Gasteiger partial charge is 0.387 e. The van der Waals surface area contributed by atoms with Gasteiger partial charge in [-0.25, -0.2) is 0 Å². The number of nitrogens with two attached hydrogens (primary N) is 1. The Kier molecular flexibility index (Phi) is 7.50. The summed E-state index contributed by atoms with van der Waals surface area (Å²) in [6, 6.07) is 6.73. The molecule has 0 heterocycles. The van der Waals surface area contributed by atoms with Crippen LogP contribution in [0.1, 0.15) is 25.8 Å². The zero-order chi connectivity index (χ0) is 15.7. The zero-order valence-corrected chi connectivity index (χ0v) is 12.5. The number of benzene rings is 1. The molecule has 1 aromatic rings. The van der Waals surface area contributed by atoms with Crippen LogP contribution >= 0.6 is 0 Å². The highest BCUT2D eigenvalue weighted by Crippen LogP contribution is 2.20. The van der Waals surface area contributed by atoms with Crippen molar-refractivity contribution < 1.29 is 13.5 Å². The van der Waals surface area contributed by atoms with Crippen LogP contribution in [0.25, 0.3) is 0 Å². The molecule has 0 fully saturated rings. The molecule has 0 aliphatic heterocycles. The van der Waals surface area contributed by atoms with E-state index in [-0.39, 0.29) is 5.75 Å². The van der Waals surface area contributed by atoms with Gasteiger partial charge in [0.2, 0.25) is 0 Å². The summed E-state index contributed by atoms with van der Waals surface area (Å²) < 4.78 is 29.0. The summed E-state index contributed by atoms with van der Waals surface area (Å²) in [5.74, 6) is 1.16. The van der Waals surface area contributed by atoms with E-state index in [4.69, 9.17) is 5.73 Å². The fraction of sp³-hybridized carbons (Fsp3) is 0.533. The Bertz CT molecular complexity index is 450. The van der Waals surface area contributed by atoms with Crippen molar-refractivity contribution in [2.45, 2.75) is 33.3 Å². The van der Waals surface area contributed by atoms with Crippen LogP contribution < -0.4 is 15.8 Å². The van der Waals surface area contributed by atoms with Crippen molar-refractivity contribution in [3.8, 4) is 5.75 Å². The Hall–Kier alpha value is -1.85. The van der Waals surface area contributed by atoms with Crippen LogP contribution in [0.4, 0.5) is 8.78 Å². The van der Waals surface area contributed by atoms with Gasteiger partial charge in [0.1, 0.15) is 5.75 Å². The van der Waals surface area contributed by atoms with Crippen LogP contribution in [-0.4, -0.2) is 25.7 Å². The first-order valence-electron chi connectivity index (χ1n) is 7.05. The molecule has 0 atom stereocenters. The van der Waals surface area contributed by atoms with Gasteiger partial charge >= 0.3 is 6.61 Å². The first-order valence-corrected chi connectivity index (χ1v) is 7.05. The number of rotatable bonds is 8. The molecule has 4 nitrogen and oxygen atoms in total. The van der Waals surface area contributed by atoms with Gasteiger partial charge in [0.15, 0.2) is 5.96 Å². The maximum atomic E-state index is 12.3. The second-order valence-electron chi connectivity index (χ2n) is 5.11. The molecular formula is C15H23F2N3O. The van der Waals surface area contributed by atoms with Crippen LogP contribution in [0, 0.1) is 5.92 Å². The highest BCUT2D eigenvalue weighted by Gasteiger charge is 2.08. The van der Waals surface area contributed by atoms with E-state index >= 15 is 0 Å². The third-order valence-electron chi connectivity index (χ3n) is 2.88. The van der Waals surface area contributed by atoms with E-state index in [1.807, 2.05) is 0 Å². The van der Waals surface area contributed by atoms with Crippen LogP contribution in [0.3, 0.4) is 0 Å². The molecule has 0 bridgehead atoms. The highest BCUT2D eigenvalue weighted by molar-refractivity contribution is 5.77. The fourth-order valence-electron chi connectivity index (χ4n) is 1.75. The summed E-state index contributed by atoms with van der Waals surface area (Å²) in [4.78, 5) is 4.20. The quantitative estimate of drug-likeness (QED) is 0.573. The molecule has 0 saturated carbocycles. The zero-order valence-electron chi connectivity index (χ0n) is 12.5. The molecule has 0 radical (unpaired) electrons. The fourth-order valence-corrected chi connectivity index (χ4v) is 1.75. The molecule has 0 unspecified atom stereocenters. The molecule has 0 amide bonds. The predicted octanol–water partition coefficient (Wildman–Crippen LogP) is 2.78. The average molecular weight is 299 g/mol. The molecule has 0 aliphatic rings. The lowest BCUT2D eigenvalue weighted by atomic mass is 10.1. The van der Waals surface area contributed by atoms with Crippen LogP contribution in [-0.2, 0) is 6.42 Å². The Balaban J connectivity index is 2.41. The number of para-hydroxylation sites is 1. The molecular weight excluding hydrogens is 276 g/mol. The first kappa shape index (κ1) is 17.2. The maximum Gasteiger partial charge on any atom is 0.387 e. The average Bonchev–Trinajstić information content (AvgIpc) is 2.39.